The van der Waals surface area contributed by atoms with Gasteiger partial charge in [0.15, 0.2) is 0 Å². The van der Waals surface area contributed by atoms with Crippen molar-refractivity contribution in [3.8, 4) is 22.3 Å². The maximum Gasteiger partial charge on any atom is 0.00521 e. The smallest absolute Gasteiger partial charge is 0.00521 e. The molecule has 1 aliphatic rings. The average molecular weight is 485 g/mol. The Morgan fingerprint density at radius 2 is 1.21 bits per heavy atom. The Hall–Kier alpha value is -2.47. The second kappa shape index (κ2) is 9.65. The summed E-state index contributed by atoms with van der Waals surface area (Å²) in [5.41, 5.74) is 13.8. The Morgan fingerprint density at radius 3 is 1.68 bits per heavy atom. The van der Waals surface area contributed by atoms with Crippen molar-refractivity contribution < 1.29 is 0 Å². The van der Waals surface area contributed by atoms with E-state index in [1.165, 1.54) is 60.6 Å². The number of rotatable bonds is 2. The fraction of sp³-hybridized carbons (Fsp3) is 0.250. The van der Waals surface area contributed by atoms with Crippen LogP contribution in [0.1, 0.15) is 38.8 Å². The zero-order valence-corrected chi connectivity index (χ0v) is 23.6. The Kier molecular flexibility index (Phi) is 6.99. The Morgan fingerprint density at radius 1 is 0.706 bits per heavy atom. The summed E-state index contributed by atoms with van der Waals surface area (Å²) in [5, 5.41) is 0. The molecule has 3 aromatic rings. The highest BCUT2D eigenvalue weighted by atomic mass is 32.5. The lowest BCUT2D eigenvalue weighted by Gasteiger charge is -2.26. The van der Waals surface area contributed by atoms with Crippen molar-refractivity contribution in [2.75, 3.05) is 25.8 Å². The highest BCUT2D eigenvalue weighted by Gasteiger charge is 2.34. The van der Waals surface area contributed by atoms with Crippen molar-refractivity contribution in [2.24, 2.45) is 0 Å². The molecule has 0 saturated carbocycles. The molecule has 3 aromatic carbocycles. The molecule has 0 unspecified atom stereocenters. The van der Waals surface area contributed by atoms with Gasteiger partial charge in [-0.25, -0.2) is 0 Å². The summed E-state index contributed by atoms with van der Waals surface area (Å²) in [7, 11) is -0.999. The molecule has 0 heterocycles. The van der Waals surface area contributed by atoms with Gasteiger partial charge in [0.25, 0.3) is 0 Å². The maximum atomic E-state index is 2.55. The number of hydrogen-bond acceptors (Lipinski definition) is 0. The second-order valence-electron chi connectivity index (χ2n) is 9.64. The normalized spacial score (nSPS) is 15.7. The fourth-order valence-electron chi connectivity index (χ4n) is 5.05. The van der Waals surface area contributed by atoms with Gasteiger partial charge in [0.1, 0.15) is 0 Å². The summed E-state index contributed by atoms with van der Waals surface area (Å²) >= 11 is 0. The number of fused-ring (bicyclic) bond motifs is 1. The van der Waals surface area contributed by atoms with Crippen molar-refractivity contribution in [1.82, 2.24) is 0 Å². The molecule has 0 N–H and O–H groups in total. The van der Waals surface area contributed by atoms with E-state index in [0.717, 1.165) is 0 Å². The Labute approximate surface area is 208 Å². The summed E-state index contributed by atoms with van der Waals surface area (Å²) in [6.45, 7) is 13.7. The standard InChI is InChI=1S/C32H37PS/c1-9-25-29(22(3)4)26(10-2)32-30(24-19-15-12-16-20-24)28(34(7,8)33(5)6)21-27(31(25)32)23-17-13-11-14-18-23/h9-21H,1-8H3. The molecule has 0 fully saturated rings. The van der Waals surface area contributed by atoms with Crippen LogP contribution in [0.2, 0.25) is 0 Å². The highest BCUT2D eigenvalue weighted by Crippen LogP contribution is 2.59. The molecule has 0 spiro atoms. The first-order valence-electron chi connectivity index (χ1n) is 12.0. The Balaban J connectivity index is 2.35. The van der Waals surface area contributed by atoms with Crippen LogP contribution in [0.5, 0.6) is 0 Å². The summed E-state index contributed by atoms with van der Waals surface area (Å²) in [6.07, 6.45) is 9.70. The fourth-order valence-corrected chi connectivity index (χ4v) is 8.18. The minimum atomic E-state index is -0.999. The minimum Gasteiger partial charge on any atom is -0.187 e. The summed E-state index contributed by atoms with van der Waals surface area (Å²) in [5.74, 6) is 0. The van der Waals surface area contributed by atoms with Crippen LogP contribution in [0.3, 0.4) is 0 Å². The summed E-state index contributed by atoms with van der Waals surface area (Å²) < 4.78 is 0. The third-order valence-corrected chi connectivity index (χ3v) is 16.3. The molecule has 0 nitrogen and oxygen atoms in total. The van der Waals surface area contributed by atoms with E-state index in [9.17, 15) is 0 Å². The molecule has 4 rings (SSSR count). The van der Waals surface area contributed by atoms with Crippen molar-refractivity contribution >= 4 is 26.6 Å². The molecule has 0 bridgehead atoms. The first kappa shape index (κ1) is 24.6. The molecule has 1 aliphatic carbocycles. The second-order valence-corrected chi connectivity index (χ2v) is 19.2. The molecule has 0 aromatic heterocycles. The highest BCUT2D eigenvalue weighted by molar-refractivity contribution is 8.42. The van der Waals surface area contributed by atoms with Gasteiger partial charge in [0.05, 0.1) is 0 Å². The van der Waals surface area contributed by atoms with E-state index in [-0.39, 0.29) is 6.50 Å². The molecule has 176 valence electrons. The van der Waals surface area contributed by atoms with Gasteiger partial charge in [-0.2, -0.15) is 9.00 Å². The third-order valence-electron chi connectivity index (χ3n) is 7.04. The van der Waals surface area contributed by atoms with E-state index in [2.05, 4.69) is 132 Å². The molecule has 0 saturated heterocycles. The molecular formula is C32H37PS. The quantitative estimate of drug-likeness (QED) is 0.317. The summed E-state index contributed by atoms with van der Waals surface area (Å²) in [4.78, 5) is 1.54. The summed E-state index contributed by atoms with van der Waals surface area (Å²) in [6, 6.07) is 24.6. The van der Waals surface area contributed by atoms with Crippen molar-refractivity contribution in [2.45, 2.75) is 32.6 Å². The lowest BCUT2D eigenvalue weighted by molar-refractivity contribution is 1.36. The SMILES string of the molecule is CC=C1C(=C(C)C)C(=CC)c2c1c(-c1ccccc1)cc(S(C)(C)#P(C)C)c2-c1ccccc1. The van der Waals surface area contributed by atoms with Gasteiger partial charge < -0.3 is 0 Å². The first-order valence-corrected chi connectivity index (χ1v) is 17.3. The number of allylic oxidation sites excluding steroid dienone is 6. The molecule has 0 aliphatic heterocycles. The molecule has 0 atom stereocenters. The topological polar surface area (TPSA) is 0 Å². The molecule has 0 amide bonds. The van der Waals surface area contributed by atoms with E-state index in [0.29, 0.717) is 0 Å². The molecule has 0 radical (unpaired) electrons. The van der Waals surface area contributed by atoms with Gasteiger partial charge in [-0.05, 0) is 104 Å². The van der Waals surface area contributed by atoms with Crippen LogP contribution in [0.15, 0.2) is 94.9 Å². The molecular weight excluding hydrogens is 447 g/mol. The van der Waals surface area contributed by atoms with Crippen LogP contribution in [0.4, 0.5) is 0 Å². The van der Waals surface area contributed by atoms with Crippen LogP contribution in [-0.2, 0) is 0 Å². The number of benzene rings is 3. The van der Waals surface area contributed by atoms with E-state index in [1.54, 1.807) is 0 Å². The third kappa shape index (κ3) is 4.00. The minimum absolute atomic E-state index is 0.134. The van der Waals surface area contributed by atoms with Gasteiger partial charge in [0, 0.05) is 10.5 Å². The predicted molar refractivity (Wildman–Crippen MR) is 159 cm³/mol. The largest absolute Gasteiger partial charge is 0.187 e. The first-order chi connectivity index (χ1) is 16.2. The van der Waals surface area contributed by atoms with Crippen LogP contribution >= 0.6 is 15.5 Å². The zero-order valence-electron chi connectivity index (χ0n) is 21.9. The monoisotopic (exact) mass is 484 g/mol. The van der Waals surface area contributed by atoms with Crippen LogP contribution in [0.25, 0.3) is 33.4 Å². The van der Waals surface area contributed by atoms with E-state index in [4.69, 9.17) is 0 Å². The zero-order chi connectivity index (χ0) is 24.6. The van der Waals surface area contributed by atoms with Gasteiger partial charge >= 0.3 is 0 Å². The average Bonchev–Trinajstić information content (AvgIpc) is 3.18. The van der Waals surface area contributed by atoms with Gasteiger partial charge in [-0.15, -0.1) is 6.50 Å². The lowest BCUT2D eigenvalue weighted by atomic mass is 9.88. The molecule has 2 heteroatoms. The van der Waals surface area contributed by atoms with Crippen molar-refractivity contribution in [1.29, 1.82) is 0 Å². The lowest BCUT2D eigenvalue weighted by Crippen LogP contribution is -1.99. The van der Waals surface area contributed by atoms with E-state index >= 15 is 0 Å². The van der Waals surface area contributed by atoms with Crippen LogP contribution in [-0.4, -0.2) is 25.8 Å². The predicted octanol–water partition coefficient (Wildman–Crippen LogP) is 10.3. The van der Waals surface area contributed by atoms with Gasteiger partial charge in [-0.3, -0.25) is 0 Å². The van der Waals surface area contributed by atoms with Crippen LogP contribution < -0.4 is 0 Å². The maximum absolute atomic E-state index is 2.55. The van der Waals surface area contributed by atoms with Gasteiger partial charge in [-0.1, -0.05) is 78.4 Å². The van der Waals surface area contributed by atoms with E-state index in [1.807, 2.05) is 0 Å². The van der Waals surface area contributed by atoms with Crippen LogP contribution in [0, 0.1) is 0 Å². The Bertz CT molecular complexity index is 1480. The van der Waals surface area contributed by atoms with Crippen molar-refractivity contribution in [3.05, 3.63) is 101 Å². The van der Waals surface area contributed by atoms with Gasteiger partial charge in [0.2, 0.25) is 0 Å². The van der Waals surface area contributed by atoms with E-state index < -0.39 is 9.00 Å². The molecule has 34 heavy (non-hydrogen) atoms. The van der Waals surface area contributed by atoms with Crippen molar-refractivity contribution in [3.63, 3.8) is 0 Å². The number of hydrogen-bond donors (Lipinski definition) is 0.